The van der Waals surface area contributed by atoms with Crippen LogP contribution in [0.15, 0.2) is 70.8 Å². The fourth-order valence-corrected chi connectivity index (χ4v) is 5.59. The van der Waals surface area contributed by atoms with Crippen LogP contribution in [0.1, 0.15) is 41.7 Å². The molecule has 0 fully saturated rings. The van der Waals surface area contributed by atoms with Crippen molar-refractivity contribution >= 4 is 33.6 Å². The fourth-order valence-electron chi connectivity index (χ4n) is 5.05. The molecule has 0 aromatic heterocycles. The fraction of sp³-hybridized carbons (Fsp3) is 0.259. The minimum absolute atomic E-state index is 0.319. The molecular formula is C27H25BrClNO2. The van der Waals surface area contributed by atoms with Crippen molar-refractivity contribution in [2.45, 2.75) is 31.4 Å². The van der Waals surface area contributed by atoms with Gasteiger partial charge in [0, 0.05) is 27.7 Å². The van der Waals surface area contributed by atoms with Crippen LogP contribution in [0, 0.1) is 0 Å². The summed E-state index contributed by atoms with van der Waals surface area (Å²) in [6.07, 6.45) is 2.92. The number of benzene rings is 3. The molecule has 0 saturated carbocycles. The van der Waals surface area contributed by atoms with E-state index in [4.69, 9.17) is 21.1 Å². The maximum Gasteiger partial charge on any atom is 0.165 e. The predicted octanol–water partition coefficient (Wildman–Crippen LogP) is 6.65. The van der Waals surface area contributed by atoms with Crippen molar-refractivity contribution in [1.82, 2.24) is 5.32 Å². The highest BCUT2D eigenvalue weighted by molar-refractivity contribution is 9.10. The molecular weight excluding hydrogens is 486 g/mol. The van der Waals surface area contributed by atoms with Crippen molar-refractivity contribution in [1.29, 1.82) is 0 Å². The molecule has 2 aliphatic rings. The van der Waals surface area contributed by atoms with Crippen molar-refractivity contribution in [2.24, 2.45) is 0 Å². The van der Waals surface area contributed by atoms with E-state index >= 15 is 0 Å². The summed E-state index contributed by atoms with van der Waals surface area (Å²) in [5.74, 6) is 1.97. The first-order chi connectivity index (χ1) is 15.4. The number of methoxy groups -OCH3 is 1. The second-order valence-electron chi connectivity index (χ2n) is 8.94. The molecule has 2 aliphatic heterocycles. The van der Waals surface area contributed by atoms with Crippen molar-refractivity contribution in [3.8, 4) is 11.5 Å². The van der Waals surface area contributed by atoms with Gasteiger partial charge in [0.2, 0.25) is 0 Å². The molecule has 3 nitrogen and oxygen atoms in total. The molecule has 0 bridgehead atoms. The Morgan fingerprint density at radius 1 is 1.06 bits per heavy atom. The Kier molecular flexibility index (Phi) is 5.26. The molecule has 1 unspecified atom stereocenters. The Hall–Kier alpha value is -2.43. The maximum absolute atomic E-state index is 6.42. The molecule has 1 N–H and O–H groups in total. The highest BCUT2D eigenvalue weighted by Crippen LogP contribution is 2.53. The summed E-state index contributed by atoms with van der Waals surface area (Å²) in [4.78, 5) is 0. The molecule has 0 radical (unpaired) electrons. The van der Waals surface area contributed by atoms with Gasteiger partial charge in [0.15, 0.2) is 11.5 Å². The number of rotatable bonds is 4. The minimum atomic E-state index is -0.626. The van der Waals surface area contributed by atoms with Crippen molar-refractivity contribution in [3.05, 3.63) is 98.7 Å². The van der Waals surface area contributed by atoms with E-state index < -0.39 is 5.54 Å². The zero-order chi connectivity index (χ0) is 22.5. The molecule has 32 heavy (non-hydrogen) atoms. The number of nitrogens with one attached hydrogen (secondary N) is 1. The Labute approximate surface area is 202 Å². The third-order valence-corrected chi connectivity index (χ3v) is 7.02. The highest BCUT2D eigenvalue weighted by Gasteiger charge is 2.47. The van der Waals surface area contributed by atoms with Crippen LogP contribution in [0.25, 0.3) is 6.08 Å². The number of ether oxygens (including phenoxy) is 2. The van der Waals surface area contributed by atoms with E-state index in [9.17, 15) is 0 Å². The number of allylic oxidation sites excluding steroid dienone is 1. The summed E-state index contributed by atoms with van der Waals surface area (Å²) < 4.78 is 13.2. The van der Waals surface area contributed by atoms with Gasteiger partial charge >= 0.3 is 0 Å². The van der Waals surface area contributed by atoms with Gasteiger partial charge in [0.1, 0.15) is 11.1 Å². The van der Waals surface area contributed by atoms with Crippen molar-refractivity contribution in [3.63, 3.8) is 0 Å². The number of halogens is 2. The van der Waals surface area contributed by atoms with Crippen LogP contribution in [0.4, 0.5) is 0 Å². The Morgan fingerprint density at radius 3 is 2.50 bits per heavy atom. The second kappa shape index (κ2) is 7.86. The molecule has 0 aliphatic carbocycles. The van der Waals surface area contributed by atoms with Crippen LogP contribution in [0.2, 0.25) is 0 Å². The lowest BCUT2D eigenvalue weighted by Gasteiger charge is -2.43. The molecule has 0 saturated heterocycles. The molecule has 164 valence electrons. The molecule has 3 aromatic carbocycles. The average molecular weight is 511 g/mol. The Morgan fingerprint density at radius 2 is 1.81 bits per heavy atom. The quantitative estimate of drug-likeness (QED) is 0.399. The van der Waals surface area contributed by atoms with E-state index in [-0.39, 0.29) is 5.60 Å². The number of fused-ring (bicyclic) bond motifs is 3. The van der Waals surface area contributed by atoms with E-state index in [0.717, 1.165) is 44.8 Å². The lowest BCUT2D eigenvalue weighted by Crippen LogP contribution is -2.47. The Bertz CT molecular complexity index is 1220. The van der Waals surface area contributed by atoms with Crippen LogP contribution >= 0.6 is 27.5 Å². The maximum atomic E-state index is 6.42. The topological polar surface area (TPSA) is 30.5 Å². The molecule has 5 rings (SSSR count). The van der Waals surface area contributed by atoms with E-state index in [1.807, 2.05) is 6.07 Å². The Balaban J connectivity index is 1.93. The van der Waals surface area contributed by atoms with Crippen LogP contribution in [0.5, 0.6) is 11.5 Å². The minimum Gasteiger partial charge on any atom is -0.493 e. The first-order valence-corrected chi connectivity index (χ1v) is 12.0. The van der Waals surface area contributed by atoms with Gasteiger partial charge < -0.3 is 14.8 Å². The second-order valence-corrected chi connectivity index (χ2v) is 10.1. The molecule has 5 heteroatoms. The lowest BCUT2D eigenvalue weighted by molar-refractivity contribution is 0.134. The molecule has 0 spiro atoms. The standard InChI is InChI=1S/C27H25BrClNO2/c1-26(2)15-22-24-17(13-23(31-3)25(22)32-26)12-21(16-29)30-27(24,18-8-5-4-6-9-18)19-10-7-11-20(28)14-19/h4-14,30H,15-16H2,1-3H3. The number of hydrogen-bond donors (Lipinski definition) is 1. The molecule has 0 amide bonds. The van der Waals surface area contributed by atoms with Gasteiger partial charge in [-0.15, -0.1) is 11.6 Å². The zero-order valence-electron chi connectivity index (χ0n) is 18.3. The normalized spacial score (nSPS) is 20.5. The molecule has 2 heterocycles. The van der Waals surface area contributed by atoms with E-state index in [0.29, 0.717) is 5.88 Å². The summed E-state index contributed by atoms with van der Waals surface area (Å²) in [6.45, 7) is 4.25. The van der Waals surface area contributed by atoms with Crippen LogP contribution in [-0.2, 0) is 12.0 Å². The lowest BCUT2D eigenvalue weighted by atomic mass is 9.70. The first kappa shape index (κ1) is 21.4. The van der Waals surface area contributed by atoms with Gasteiger partial charge in [-0.2, -0.15) is 0 Å². The molecule has 3 aromatic rings. The van der Waals surface area contributed by atoms with Gasteiger partial charge in [0.05, 0.1) is 13.0 Å². The summed E-state index contributed by atoms with van der Waals surface area (Å²) >= 11 is 10.1. The van der Waals surface area contributed by atoms with E-state index in [1.165, 1.54) is 11.1 Å². The van der Waals surface area contributed by atoms with Crippen LogP contribution in [-0.4, -0.2) is 18.6 Å². The van der Waals surface area contributed by atoms with Gasteiger partial charge in [0.25, 0.3) is 0 Å². The number of alkyl halides is 1. The summed E-state index contributed by atoms with van der Waals surface area (Å²) in [5, 5.41) is 3.84. The van der Waals surface area contributed by atoms with Gasteiger partial charge in [-0.25, -0.2) is 0 Å². The monoisotopic (exact) mass is 509 g/mol. The SMILES string of the molecule is COc1cc2c(c3c1OC(C)(C)C3)C(c1ccccc1)(c1cccc(Br)c1)NC(CCl)=C2. The van der Waals surface area contributed by atoms with Gasteiger partial charge in [-0.3, -0.25) is 0 Å². The number of hydrogen-bond acceptors (Lipinski definition) is 3. The third-order valence-electron chi connectivity index (χ3n) is 6.24. The first-order valence-electron chi connectivity index (χ1n) is 10.7. The van der Waals surface area contributed by atoms with Gasteiger partial charge in [-0.05, 0) is 54.8 Å². The predicted molar refractivity (Wildman–Crippen MR) is 134 cm³/mol. The van der Waals surface area contributed by atoms with Crippen molar-refractivity contribution in [2.75, 3.05) is 13.0 Å². The largest absolute Gasteiger partial charge is 0.493 e. The van der Waals surface area contributed by atoms with Crippen molar-refractivity contribution < 1.29 is 9.47 Å². The summed E-state index contributed by atoms with van der Waals surface area (Å²) in [6, 6.07) is 21.1. The summed E-state index contributed by atoms with van der Waals surface area (Å²) in [7, 11) is 1.70. The van der Waals surface area contributed by atoms with Crippen LogP contribution in [0.3, 0.4) is 0 Å². The third kappa shape index (κ3) is 3.32. The van der Waals surface area contributed by atoms with E-state index in [2.05, 4.69) is 95.8 Å². The molecule has 1 atom stereocenters. The van der Waals surface area contributed by atoms with E-state index in [1.54, 1.807) is 7.11 Å². The van der Waals surface area contributed by atoms with Gasteiger partial charge in [-0.1, -0.05) is 58.4 Å². The van der Waals surface area contributed by atoms with Crippen LogP contribution < -0.4 is 14.8 Å². The smallest absolute Gasteiger partial charge is 0.165 e. The highest BCUT2D eigenvalue weighted by atomic mass is 79.9. The summed E-state index contributed by atoms with van der Waals surface area (Å²) in [5.41, 5.74) is 5.76. The average Bonchev–Trinajstić information content (AvgIpc) is 3.13. The zero-order valence-corrected chi connectivity index (χ0v) is 20.7.